The quantitative estimate of drug-likeness (QED) is 0.380. The lowest BCUT2D eigenvalue weighted by Gasteiger charge is -2.31. The second kappa shape index (κ2) is 13.2. The molecule has 34 heavy (non-hydrogen) atoms. The van der Waals surface area contributed by atoms with Crippen molar-refractivity contribution in [3.8, 4) is 0 Å². The summed E-state index contributed by atoms with van der Waals surface area (Å²) in [5, 5.41) is 3.50. The lowest BCUT2D eigenvalue weighted by Crippen LogP contribution is -2.51. The van der Waals surface area contributed by atoms with Crippen LogP contribution < -0.4 is 5.32 Å². The molecule has 0 radical (unpaired) electrons. The summed E-state index contributed by atoms with van der Waals surface area (Å²) in [5.41, 5.74) is 2.35. The van der Waals surface area contributed by atoms with Crippen LogP contribution in [0.25, 0.3) is 0 Å². The molecule has 0 bridgehead atoms. The molecule has 1 N–H and O–H groups in total. The van der Waals surface area contributed by atoms with Crippen molar-refractivity contribution in [3.05, 3.63) is 106 Å². The Morgan fingerprint density at radius 1 is 0.971 bits per heavy atom. The van der Waals surface area contributed by atoms with Crippen molar-refractivity contribution in [2.24, 2.45) is 0 Å². The summed E-state index contributed by atoms with van der Waals surface area (Å²) >= 11 is 7.40. The van der Waals surface area contributed by atoms with Crippen LogP contribution in [0.15, 0.2) is 78.9 Å². The van der Waals surface area contributed by atoms with Crippen LogP contribution in [-0.2, 0) is 28.3 Å². The lowest BCUT2D eigenvalue weighted by atomic mass is 10.0. The molecule has 178 valence electrons. The van der Waals surface area contributed by atoms with Crippen molar-refractivity contribution in [2.45, 2.75) is 31.7 Å². The third-order valence-electron chi connectivity index (χ3n) is 5.33. The van der Waals surface area contributed by atoms with Gasteiger partial charge in [-0.3, -0.25) is 9.59 Å². The van der Waals surface area contributed by atoms with E-state index in [2.05, 4.69) is 5.32 Å². The highest BCUT2D eigenvalue weighted by atomic mass is 35.5. The number of nitrogens with one attached hydrogen (secondary N) is 1. The van der Waals surface area contributed by atoms with E-state index >= 15 is 0 Å². The molecule has 0 fully saturated rings. The summed E-state index contributed by atoms with van der Waals surface area (Å²) in [6, 6.07) is 22.6. The number of carbonyl (C=O) groups excluding carboxylic acids is 2. The average Bonchev–Trinajstić information content (AvgIpc) is 2.84. The van der Waals surface area contributed by atoms with Gasteiger partial charge in [0.25, 0.3) is 0 Å². The van der Waals surface area contributed by atoms with E-state index in [1.807, 2.05) is 61.5 Å². The summed E-state index contributed by atoms with van der Waals surface area (Å²) in [7, 11) is 0. The summed E-state index contributed by atoms with van der Waals surface area (Å²) < 4.78 is 14.5. The van der Waals surface area contributed by atoms with E-state index in [1.165, 1.54) is 22.7 Å². The van der Waals surface area contributed by atoms with Crippen LogP contribution in [0.2, 0.25) is 5.02 Å². The van der Waals surface area contributed by atoms with Crippen LogP contribution in [-0.4, -0.2) is 35.1 Å². The molecule has 0 aromatic heterocycles. The molecule has 4 nitrogen and oxygen atoms in total. The van der Waals surface area contributed by atoms with Gasteiger partial charge in [0, 0.05) is 35.8 Å². The van der Waals surface area contributed by atoms with Gasteiger partial charge in [-0.1, -0.05) is 72.3 Å². The molecular weight excluding hydrogens is 471 g/mol. The van der Waals surface area contributed by atoms with E-state index in [0.717, 1.165) is 11.1 Å². The first kappa shape index (κ1) is 25.8. The number of halogens is 2. The van der Waals surface area contributed by atoms with E-state index < -0.39 is 11.9 Å². The lowest BCUT2D eigenvalue weighted by molar-refractivity contribution is -0.139. The van der Waals surface area contributed by atoms with Gasteiger partial charge in [-0.05, 0) is 36.2 Å². The minimum absolute atomic E-state index is 0.0155. The van der Waals surface area contributed by atoms with Crippen LogP contribution in [0.5, 0.6) is 0 Å². The number of nitrogens with zero attached hydrogens (tertiary/aromatic N) is 1. The second-order valence-corrected chi connectivity index (χ2v) is 9.25. The Morgan fingerprint density at radius 3 is 2.32 bits per heavy atom. The third kappa shape index (κ3) is 7.61. The van der Waals surface area contributed by atoms with Crippen molar-refractivity contribution in [1.82, 2.24) is 10.2 Å². The first-order valence-electron chi connectivity index (χ1n) is 11.1. The van der Waals surface area contributed by atoms with Crippen molar-refractivity contribution < 1.29 is 14.0 Å². The summed E-state index contributed by atoms with van der Waals surface area (Å²) in [6.07, 6.45) is 0.342. The summed E-state index contributed by atoms with van der Waals surface area (Å²) in [5.74, 6) is -0.0699. The first-order chi connectivity index (χ1) is 16.5. The van der Waals surface area contributed by atoms with Crippen LogP contribution in [0.4, 0.5) is 4.39 Å². The summed E-state index contributed by atoms with van der Waals surface area (Å²) in [6.45, 7) is 2.29. The number of thioether (sulfide) groups is 1. The maximum Gasteiger partial charge on any atom is 0.243 e. The fourth-order valence-electron chi connectivity index (χ4n) is 3.58. The Hall–Kier alpha value is -2.83. The number of hydrogen-bond acceptors (Lipinski definition) is 3. The van der Waals surface area contributed by atoms with Gasteiger partial charge in [0.05, 0.1) is 5.75 Å². The van der Waals surface area contributed by atoms with Crippen LogP contribution >= 0.6 is 23.4 Å². The molecular formula is C27H28ClFN2O2S. The van der Waals surface area contributed by atoms with Gasteiger partial charge in [0.1, 0.15) is 11.9 Å². The molecule has 0 unspecified atom stereocenters. The molecule has 7 heteroatoms. The van der Waals surface area contributed by atoms with E-state index in [1.54, 1.807) is 18.2 Å². The number of benzene rings is 3. The normalized spacial score (nSPS) is 11.6. The molecule has 0 saturated carbocycles. The molecule has 0 spiro atoms. The van der Waals surface area contributed by atoms with Crippen LogP contribution in [0.1, 0.15) is 23.6 Å². The highest BCUT2D eigenvalue weighted by Gasteiger charge is 2.30. The standard InChI is InChI=1S/C27H28ClFN2O2S/c1-2-30-27(33)25(16-20-8-4-3-5-9-20)31(17-22-10-6-7-11-24(22)29)26(32)19-34-18-21-12-14-23(28)15-13-21/h3-15,25H,2,16-19H2,1H3,(H,30,33)/t25-/m1/s1. The smallest absolute Gasteiger partial charge is 0.243 e. The number of amides is 2. The van der Waals surface area contributed by atoms with Crippen molar-refractivity contribution >= 4 is 35.2 Å². The Labute approximate surface area is 209 Å². The predicted molar refractivity (Wildman–Crippen MR) is 137 cm³/mol. The zero-order valence-corrected chi connectivity index (χ0v) is 20.6. The fourth-order valence-corrected chi connectivity index (χ4v) is 4.57. The van der Waals surface area contributed by atoms with E-state index in [-0.39, 0.29) is 24.1 Å². The number of likely N-dealkylation sites (N-methyl/N-ethyl adjacent to an activating group) is 1. The monoisotopic (exact) mass is 498 g/mol. The van der Waals surface area contributed by atoms with Gasteiger partial charge in [0.15, 0.2) is 0 Å². The van der Waals surface area contributed by atoms with Gasteiger partial charge < -0.3 is 10.2 Å². The number of carbonyl (C=O) groups is 2. The highest BCUT2D eigenvalue weighted by molar-refractivity contribution is 7.99. The van der Waals surface area contributed by atoms with E-state index in [4.69, 9.17) is 11.6 Å². The largest absolute Gasteiger partial charge is 0.355 e. The van der Waals surface area contributed by atoms with Crippen LogP contribution in [0.3, 0.4) is 0 Å². The van der Waals surface area contributed by atoms with E-state index in [0.29, 0.717) is 29.3 Å². The molecule has 1 atom stereocenters. The first-order valence-corrected chi connectivity index (χ1v) is 12.7. The Balaban J connectivity index is 1.82. The molecule has 0 aliphatic carbocycles. The Bertz CT molecular complexity index is 1080. The maximum absolute atomic E-state index is 14.5. The molecule has 0 aliphatic rings. The molecule has 0 heterocycles. The Kier molecular flexibility index (Phi) is 9.98. The van der Waals surface area contributed by atoms with E-state index in [9.17, 15) is 14.0 Å². The number of rotatable bonds is 11. The topological polar surface area (TPSA) is 49.4 Å². The van der Waals surface area contributed by atoms with Crippen LogP contribution in [0, 0.1) is 5.82 Å². The van der Waals surface area contributed by atoms with Gasteiger partial charge in [-0.2, -0.15) is 0 Å². The van der Waals surface area contributed by atoms with Gasteiger partial charge in [0.2, 0.25) is 11.8 Å². The van der Waals surface area contributed by atoms with Crippen molar-refractivity contribution in [2.75, 3.05) is 12.3 Å². The second-order valence-electron chi connectivity index (χ2n) is 7.83. The highest BCUT2D eigenvalue weighted by Crippen LogP contribution is 2.20. The molecule has 0 aliphatic heterocycles. The zero-order valence-electron chi connectivity index (χ0n) is 19.0. The fraction of sp³-hybridized carbons (Fsp3) is 0.259. The molecule has 3 rings (SSSR count). The third-order valence-corrected chi connectivity index (χ3v) is 6.57. The molecule has 2 amide bonds. The van der Waals surface area contributed by atoms with Crippen molar-refractivity contribution in [1.29, 1.82) is 0 Å². The minimum Gasteiger partial charge on any atom is -0.355 e. The predicted octanol–water partition coefficient (Wildman–Crippen LogP) is 5.49. The molecule has 0 saturated heterocycles. The Morgan fingerprint density at radius 2 is 1.65 bits per heavy atom. The van der Waals surface area contributed by atoms with Crippen molar-refractivity contribution in [3.63, 3.8) is 0 Å². The maximum atomic E-state index is 14.5. The number of hydrogen-bond donors (Lipinski definition) is 1. The van der Waals surface area contributed by atoms with Gasteiger partial charge in [-0.25, -0.2) is 4.39 Å². The summed E-state index contributed by atoms with van der Waals surface area (Å²) in [4.78, 5) is 28.0. The molecule has 3 aromatic rings. The average molecular weight is 499 g/mol. The SMILES string of the molecule is CCNC(=O)[C@@H](Cc1ccccc1)N(Cc1ccccc1F)C(=O)CSCc1ccc(Cl)cc1. The zero-order chi connectivity index (χ0) is 24.3. The minimum atomic E-state index is -0.759. The van der Waals surface area contributed by atoms with Gasteiger partial charge in [-0.15, -0.1) is 11.8 Å². The van der Waals surface area contributed by atoms with Gasteiger partial charge >= 0.3 is 0 Å². The molecule has 3 aromatic carbocycles.